The maximum atomic E-state index is 13.5. The SMILES string of the molecule is CCn1nnc2c(C)c(C(c3ccc4c(c3)CN(C(=O)c3cc(C)c(C)c(C)c3)CC4)C(C)C(=O)O)ccc21. The first-order valence-electron chi connectivity index (χ1n) is 13.6. The van der Waals surface area contributed by atoms with Crippen LogP contribution in [0.2, 0.25) is 0 Å². The molecule has 7 heteroatoms. The van der Waals surface area contributed by atoms with E-state index < -0.39 is 11.9 Å². The second-order valence-corrected chi connectivity index (χ2v) is 10.9. The number of aromatic nitrogens is 3. The van der Waals surface area contributed by atoms with Crippen LogP contribution in [-0.4, -0.2) is 43.4 Å². The van der Waals surface area contributed by atoms with E-state index in [0.717, 1.165) is 56.4 Å². The second-order valence-electron chi connectivity index (χ2n) is 10.9. The minimum Gasteiger partial charge on any atom is -0.481 e. The van der Waals surface area contributed by atoms with Crippen LogP contribution in [0.25, 0.3) is 11.0 Å². The number of benzene rings is 3. The summed E-state index contributed by atoms with van der Waals surface area (Å²) in [5.41, 5.74) is 11.0. The minimum absolute atomic E-state index is 0.0352. The van der Waals surface area contributed by atoms with E-state index in [1.807, 2.05) is 61.5 Å². The monoisotopic (exact) mass is 524 g/mol. The van der Waals surface area contributed by atoms with Crippen molar-refractivity contribution in [3.8, 4) is 0 Å². The Labute approximate surface area is 229 Å². The van der Waals surface area contributed by atoms with Crippen molar-refractivity contribution in [1.29, 1.82) is 0 Å². The third-order valence-corrected chi connectivity index (χ3v) is 8.57. The van der Waals surface area contributed by atoms with Crippen LogP contribution < -0.4 is 0 Å². The van der Waals surface area contributed by atoms with Crippen molar-refractivity contribution in [1.82, 2.24) is 19.9 Å². The predicted molar refractivity (Wildman–Crippen MR) is 152 cm³/mol. The average molecular weight is 525 g/mol. The molecule has 4 aromatic rings. The van der Waals surface area contributed by atoms with E-state index >= 15 is 0 Å². The molecule has 5 rings (SSSR count). The molecule has 1 amide bonds. The highest BCUT2D eigenvalue weighted by atomic mass is 16.4. The number of hydrogen-bond acceptors (Lipinski definition) is 4. The number of aryl methyl sites for hydroxylation is 4. The highest BCUT2D eigenvalue weighted by Gasteiger charge is 2.31. The molecule has 0 spiro atoms. The van der Waals surface area contributed by atoms with E-state index in [9.17, 15) is 14.7 Å². The van der Waals surface area contributed by atoms with Gasteiger partial charge >= 0.3 is 5.97 Å². The van der Waals surface area contributed by atoms with Crippen LogP contribution >= 0.6 is 0 Å². The van der Waals surface area contributed by atoms with Crippen LogP contribution in [0.5, 0.6) is 0 Å². The van der Waals surface area contributed by atoms with Crippen molar-refractivity contribution in [3.05, 3.63) is 92.5 Å². The smallest absolute Gasteiger partial charge is 0.307 e. The lowest BCUT2D eigenvalue weighted by Crippen LogP contribution is -2.36. The van der Waals surface area contributed by atoms with Crippen LogP contribution in [0.4, 0.5) is 0 Å². The summed E-state index contributed by atoms with van der Waals surface area (Å²) in [6.45, 7) is 13.8. The topological polar surface area (TPSA) is 88.3 Å². The Morgan fingerprint density at radius 1 is 0.974 bits per heavy atom. The van der Waals surface area contributed by atoms with Crippen molar-refractivity contribution < 1.29 is 14.7 Å². The lowest BCUT2D eigenvalue weighted by Gasteiger charge is -2.31. The molecule has 1 N–H and O–H groups in total. The van der Waals surface area contributed by atoms with Gasteiger partial charge in [-0.25, -0.2) is 4.68 Å². The number of hydrogen-bond donors (Lipinski definition) is 1. The summed E-state index contributed by atoms with van der Waals surface area (Å²) in [5, 5.41) is 18.7. The molecule has 2 unspecified atom stereocenters. The van der Waals surface area contributed by atoms with Gasteiger partial charge in [0.2, 0.25) is 0 Å². The first kappa shape index (κ1) is 26.6. The van der Waals surface area contributed by atoms with Crippen molar-refractivity contribution in [2.75, 3.05) is 6.54 Å². The normalized spacial score (nSPS) is 14.8. The van der Waals surface area contributed by atoms with Crippen molar-refractivity contribution in [2.45, 2.75) is 67.0 Å². The molecule has 2 atom stereocenters. The van der Waals surface area contributed by atoms with Gasteiger partial charge < -0.3 is 10.0 Å². The summed E-state index contributed by atoms with van der Waals surface area (Å²) in [6.07, 6.45) is 0.773. The third-order valence-electron chi connectivity index (χ3n) is 8.57. The predicted octanol–water partition coefficient (Wildman–Crippen LogP) is 5.74. The van der Waals surface area contributed by atoms with E-state index in [1.165, 1.54) is 11.1 Å². The molecule has 0 saturated carbocycles. The molecule has 0 fully saturated rings. The molecular formula is C32H36N4O3. The van der Waals surface area contributed by atoms with Crippen molar-refractivity contribution in [2.24, 2.45) is 5.92 Å². The molecule has 0 bridgehead atoms. The number of rotatable bonds is 6. The van der Waals surface area contributed by atoms with E-state index in [4.69, 9.17) is 0 Å². The minimum atomic E-state index is -0.851. The largest absolute Gasteiger partial charge is 0.481 e. The molecule has 0 aliphatic carbocycles. The number of nitrogens with zero attached hydrogens (tertiary/aromatic N) is 4. The quantitative estimate of drug-likeness (QED) is 0.348. The van der Waals surface area contributed by atoms with Gasteiger partial charge in [-0.05, 0) is 104 Å². The van der Waals surface area contributed by atoms with Gasteiger partial charge in [0.05, 0.1) is 11.4 Å². The zero-order chi connectivity index (χ0) is 28.0. The highest BCUT2D eigenvalue weighted by Crippen LogP contribution is 2.38. The molecule has 7 nitrogen and oxygen atoms in total. The second kappa shape index (κ2) is 10.3. The number of carboxylic acid groups (broad SMARTS) is 1. The number of carbonyl (C=O) groups excluding carboxylic acids is 1. The third kappa shape index (κ3) is 4.71. The molecule has 2 heterocycles. The van der Waals surface area contributed by atoms with Crippen LogP contribution in [-0.2, 0) is 24.3 Å². The Kier molecular flexibility index (Phi) is 7.02. The molecule has 39 heavy (non-hydrogen) atoms. The van der Waals surface area contributed by atoms with E-state index in [1.54, 1.807) is 6.92 Å². The van der Waals surface area contributed by atoms with Crippen LogP contribution in [0.15, 0.2) is 42.5 Å². The summed E-state index contributed by atoms with van der Waals surface area (Å²) in [5.74, 6) is -1.83. The van der Waals surface area contributed by atoms with Gasteiger partial charge in [0.15, 0.2) is 0 Å². The zero-order valence-corrected chi connectivity index (χ0v) is 23.6. The zero-order valence-electron chi connectivity index (χ0n) is 23.6. The summed E-state index contributed by atoms with van der Waals surface area (Å²) in [4.78, 5) is 27.7. The maximum absolute atomic E-state index is 13.5. The molecule has 202 valence electrons. The summed E-state index contributed by atoms with van der Waals surface area (Å²) in [7, 11) is 0. The van der Waals surface area contributed by atoms with E-state index in [-0.39, 0.29) is 11.8 Å². The average Bonchev–Trinajstić information content (AvgIpc) is 3.36. The summed E-state index contributed by atoms with van der Waals surface area (Å²) < 4.78 is 1.85. The van der Waals surface area contributed by atoms with E-state index in [2.05, 4.69) is 35.4 Å². The molecule has 0 radical (unpaired) electrons. The molecule has 3 aromatic carbocycles. The fraction of sp³-hybridized carbons (Fsp3) is 0.375. The lowest BCUT2D eigenvalue weighted by molar-refractivity contribution is -0.141. The molecule has 1 aliphatic heterocycles. The Balaban J connectivity index is 1.52. The molecule has 1 aromatic heterocycles. The van der Waals surface area contributed by atoms with E-state index in [0.29, 0.717) is 19.6 Å². The number of fused-ring (bicyclic) bond motifs is 2. The highest BCUT2D eigenvalue weighted by molar-refractivity contribution is 5.95. The molecule has 0 saturated heterocycles. The molecular weight excluding hydrogens is 488 g/mol. The first-order chi connectivity index (χ1) is 18.6. The Morgan fingerprint density at radius 3 is 2.36 bits per heavy atom. The van der Waals surface area contributed by atoms with Gasteiger partial charge in [-0.3, -0.25) is 9.59 Å². The number of carboxylic acids is 1. The lowest BCUT2D eigenvalue weighted by atomic mass is 9.78. The number of carbonyl (C=O) groups is 2. The van der Waals surface area contributed by atoms with Gasteiger partial charge in [0.25, 0.3) is 5.91 Å². The fourth-order valence-electron chi connectivity index (χ4n) is 5.92. The first-order valence-corrected chi connectivity index (χ1v) is 13.6. The van der Waals surface area contributed by atoms with Gasteiger partial charge in [0.1, 0.15) is 5.52 Å². The maximum Gasteiger partial charge on any atom is 0.307 e. The Morgan fingerprint density at radius 2 is 1.69 bits per heavy atom. The fourth-order valence-corrected chi connectivity index (χ4v) is 5.92. The number of aliphatic carboxylic acids is 1. The Hall–Kier alpha value is -4.00. The van der Waals surface area contributed by atoms with Crippen LogP contribution in [0.1, 0.15) is 74.6 Å². The van der Waals surface area contributed by atoms with Gasteiger partial charge in [-0.1, -0.05) is 36.4 Å². The Bertz CT molecular complexity index is 1580. The van der Waals surface area contributed by atoms with Crippen LogP contribution in [0, 0.1) is 33.6 Å². The summed E-state index contributed by atoms with van der Waals surface area (Å²) in [6, 6.07) is 14.2. The number of amides is 1. The standard InChI is InChI=1S/C32H36N4O3/c1-7-36-28-11-10-27(21(5)30(28)33-34-36)29(22(6)32(38)39)24-9-8-23-12-13-35(17-26(23)16-24)31(37)25-14-18(2)20(4)19(3)15-25/h8-11,14-16,22,29H,7,12-13,17H2,1-6H3,(H,38,39). The van der Waals surface area contributed by atoms with Crippen molar-refractivity contribution >= 4 is 22.9 Å². The van der Waals surface area contributed by atoms with Gasteiger partial charge in [-0.2, -0.15) is 0 Å². The summed E-state index contributed by atoms with van der Waals surface area (Å²) >= 11 is 0. The van der Waals surface area contributed by atoms with Gasteiger partial charge in [0, 0.05) is 31.1 Å². The van der Waals surface area contributed by atoms with Crippen LogP contribution in [0.3, 0.4) is 0 Å². The van der Waals surface area contributed by atoms with Crippen molar-refractivity contribution in [3.63, 3.8) is 0 Å². The van der Waals surface area contributed by atoms with Gasteiger partial charge in [-0.15, -0.1) is 5.10 Å². The molecule has 1 aliphatic rings.